The molecule has 1 aliphatic rings. The minimum atomic E-state index is -0.135. The minimum absolute atomic E-state index is 0.103. The summed E-state index contributed by atoms with van der Waals surface area (Å²) in [6.45, 7) is 29.2. The molecule has 0 heterocycles. The van der Waals surface area contributed by atoms with Crippen LogP contribution < -0.4 is 18.9 Å². The number of phenols is 1. The second-order valence-corrected chi connectivity index (χ2v) is 20.2. The predicted octanol–water partition coefficient (Wildman–Crippen LogP) is 13.9. The zero-order valence-electron chi connectivity index (χ0n) is 39.4. The van der Waals surface area contributed by atoms with Crippen molar-refractivity contribution in [3.05, 3.63) is 146 Å². The summed E-state index contributed by atoms with van der Waals surface area (Å²) in [6, 6.07) is 28.4. The first kappa shape index (κ1) is 45.6. The van der Waals surface area contributed by atoms with Crippen LogP contribution in [0.5, 0.6) is 28.7 Å². The third-order valence-corrected chi connectivity index (χ3v) is 11.7. The molecule has 0 aromatic heterocycles. The van der Waals surface area contributed by atoms with Crippen LogP contribution in [0.15, 0.2) is 78.9 Å². The summed E-state index contributed by atoms with van der Waals surface area (Å²) in [5, 5.41) is 12.5. The quantitative estimate of drug-likeness (QED) is 0.133. The molecule has 8 bridgehead atoms. The van der Waals surface area contributed by atoms with Gasteiger partial charge in [-0.15, -0.1) is 0 Å². The van der Waals surface area contributed by atoms with Crippen LogP contribution in [0, 0.1) is 0 Å². The van der Waals surface area contributed by atoms with E-state index in [4.69, 9.17) is 18.9 Å². The minimum Gasteiger partial charge on any atom is -0.507 e. The average molecular weight is 825 g/mol. The number of ether oxygens (including phenoxy) is 4. The van der Waals surface area contributed by atoms with Crippen LogP contribution in [0.3, 0.4) is 0 Å². The molecule has 5 aromatic rings. The van der Waals surface area contributed by atoms with Gasteiger partial charge in [-0.05, 0) is 103 Å². The highest BCUT2D eigenvalue weighted by molar-refractivity contribution is 5.60. The van der Waals surface area contributed by atoms with E-state index in [1.54, 1.807) is 0 Å². The molecule has 5 nitrogen and oxygen atoms in total. The second-order valence-electron chi connectivity index (χ2n) is 20.2. The summed E-state index contributed by atoms with van der Waals surface area (Å²) in [6.07, 6.45) is 4.87. The van der Waals surface area contributed by atoms with Crippen molar-refractivity contribution in [1.82, 2.24) is 0 Å². The lowest BCUT2D eigenvalue weighted by Crippen LogP contribution is -2.17. The standard InChI is InChI=1S/C56H72O5/c1-13-21-58-51-40-24-38-34-49(61-36-37-19-17-16-18-20-37)35-39(50(38)57)25-41-29-47(55(7,8)9)31-43(52(41)59-22-14-2)27-45-33-48(56(10,11)12)32-44(53(45)60-23-15-3)26-42(51)30-46(28-40)54(4,5)6/h16-20,28-35,57H,13-15,21-27,36H2,1-12H3. The number of rotatable bonds is 12. The molecular formula is C56H72O5. The summed E-state index contributed by atoms with van der Waals surface area (Å²) < 4.78 is 27.2. The van der Waals surface area contributed by atoms with Crippen molar-refractivity contribution in [3.8, 4) is 28.7 Å². The Kier molecular flexibility index (Phi) is 14.2. The molecule has 6 rings (SSSR count). The normalized spacial score (nSPS) is 13.2. The average Bonchev–Trinajstić information content (AvgIpc) is 3.19. The number of benzene rings is 5. The summed E-state index contributed by atoms with van der Waals surface area (Å²) >= 11 is 0. The van der Waals surface area contributed by atoms with Gasteiger partial charge in [-0.2, -0.15) is 0 Å². The Balaban J connectivity index is 1.71. The van der Waals surface area contributed by atoms with E-state index in [0.717, 1.165) is 92.3 Å². The fraction of sp³-hybridized carbons (Fsp3) is 0.464. The zero-order valence-corrected chi connectivity index (χ0v) is 39.4. The van der Waals surface area contributed by atoms with E-state index in [2.05, 4.69) is 132 Å². The summed E-state index contributed by atoms with van der Waals surface area (Å²) in [4.78, 5) is 0. The van der Waals surface area contributed by atoms with E-state index in [1.165, 1.54) is 16.7 Å². The molecule has 0 fully saturated rings. The number of hydrogen-bond donors (Lipinski definition) is 1. The first-order valence-corrected chi connectivity index (χ1v) is 22.8. The van der Waals surface area contributed by atoms with Crippen LogP contribution in [-0.4, -0.2) is 24.9 Å². The predicted molar refractivity (Wildman–Crippen MR) is 253 cm³/mol. The van der Waals surface area contributed by atoms with Crippen molar-refractivity contribution in [2.75, 3.05) is 19.8 Å². The van der Waals surface area contributed by atoms with Crippen molar-refractivity contribution < 1.29 is 24.1 Å². The molecule has 0 atom stereocenters. The van der Waals surface area contributed by atoms with Gasteiger partial charge in [-0.25, -0.2) is 0 Å². The van der Waals surface area contributed by atoms with Gasteiger partial charge in [0.25, 0.3) is 0 Å². The van der Waals surface area contributed by atoms with E-state index in [9.17, 15) is 5.11 Å². The molecular weight excluding hydrogens is 753 g/mol. The van der Waals surface area contributed by atoms with Gasteiger partial charge in [0.1, 0.15) is 35.4 Å². The maximum Gasteiger partial charge on any atom is 0.126 e. The van der Waals surface area contributed by atoms with Crippen molar-refractivity contribution >= 4 is 0 Å². The molecule has 5 heteroatoms. The highest BCUT2D eigenvalue weighted by Crippen LogP contribution is 2.44. The number of hydrogen-bond acceptors (Lipinski definition) is 5. The van der Waals surface area contributed by atoms with Crippen molar-refractivity contribution in [3.63, 3.8) is 0 Å². The number of aromatic hydroxyl groups is 1. The van der Waals surface area contributed by atoms with Crippen LogP contribution in [0.2, 0.25) is 0 Å². The first-order chi connectivity index (χ1) is 28.9. The smallest absolute Gasteiger partial charge is 0.126 e. The molecule has 0 radical (unpaired) electrons. The lowest BCUT2D eigenvalue weighted by atomic mass is 9.80. The van der Waals surface area contributed by atoms with E-state index < -0.39 is 0 Å². The highest BCUT2D eigenvalue weighted by Gasteiger charge is 2.28. The fourth-order valence-corrected chi connectivity index (χ4v) is 8.16. The topological polar surface area (TPSA) is 57.2 Å². The summed E-state index contributed by atoms with van der Waals surface area (Å²) in [5.41, 5.74) is 12.7. The summed E-state index contributed by atoms with van der Waals surface area (Å²) in [5.74, 6) is 3.73. The molecule has 0 spiro atoms. The molecule has 0 aliphatic heterocycles. The monoisotopic (exact) mass is 825 g/mol. The molecule has 0 unspecified atom stereocenters. The van der Waals surface area contributed by atoms with Gasteiger partial charge in [-0.1, -0.05) is 150 Å². The Hall–Kier alpha value is -4.90. The third kappa shape index (κ3) is 11.1. The van der Waals surface area contributed by atoms with Gasteiger partial charge >= 0.3 is 0 Å². The fourth-order valence-electron chi connectivity index (χ4n) is 8.16. The maximum absolute atomic E-state index is 12.5. The Labute approximate surface area is 367 Å². The SMILES string of the molecule is CCCOc1c2cc(C(C)(C)C)cc1Cc1cc(C(C)(C)C)cc(c1OCCC)Cc1cc(C(C)(C)C)cc(c1OCCC)Cc1cc(OCc3ccccc3)cc(c1O)C2. The van der Waals surface area contributed by atoms with Crippen LogP contribution in [0.25, 0.3) is 0 Å². The maximum atomic E-state index is 12.5. The highest BCUT2D eigenvalue weighted by atomic mass is 16.5. The lowest BCUT2D eigenvalue weighted by molar-refractivity contribution is 0.303. The van der Waals surface area contributed by atoms with Crippen LogP contribution in [0.4, 0.5) is 0 Å². The Morgan fingerprint density at radius 1 is 0.426 bits per heavy atom. The Bertz CT molecular complexity index is 2160. The molecule has 326 valence electrons. The van der Waals surface area contributed by atoms with Gasteiger partial charge < -0.3 is 24.1 Å². The zero-order chi connectivity index (χ0) is 44.1. The molecule has 0 amide bonds. The van der Waals surface area contributed by atoms with Gasteiger partial charge in [0, 0.05) is 36.8 Å². The van der Waals surface area contributed by atoms with Crippen LogP contribution in [0.1, 0.15) is 169 Å². The molecule has 1 N–H and O–H groups in total. The van der Waals surface area contributed by atoms with Crippen LogP contribution in [-0.2, 0) is 48.5 Å². The Morgan fingerprint density at radius 3 is 1.03 bits per heavy atom. The van der Waals surface area contributed by atoms with Gasteiger partial charge in [0.2, 0.25) is 0 Å². The lowest BCUT2D eigenvalue weighted by Gasteiger charge is -2.28. The molecule has 5 aromatic carbocycles. The Morgan fingerprint density at radius 2 is 0.738 bits per heavy atom. The van der Waals surface area contributed by atoms with Crippen LogP contribution >= 0.6 is 0 Å². The molecule has 61 heavy (non-hydrogen) atoms. The van der Waals surface area contributed by atoms with Gasteiger partial charge in [0.15, 0.2) is 0 Å². The first-order valence-electron chi connectivity index (χ1n) is 22.8. The summed E-state index contributed by atoms with van der Waals surface area (Å²) in [7, 11) is 0. The molecule has 0 saturated carbocycles. The number of phenolic OH excluding ortho intramolecular Hbond substituents is 1. The van der Waals surface area contributed by atoms with Gasteiger partial charge in [0.05, 0.1) is 19.8 Å². The molecule has 0 saturated heterocycles. The van der Waals surface area contributed by atoms with Gasteiger partial charge in [-0.3, -0.25) is 0 Å². The van der Waals surface area contributed by atoms with Crippen molar-refractivity contribution in [2.45, 2.75) is 151 Å². The van der Waals surface area contributed by atoms with Crippen molar-refractivity contribution in [1.29, 1.82) is 0 Å². The van der Waals surface area contributed by atoms with E-state index in [1.807, 2.05) is 30.3 Å². The largest absolute Gasteiger partial charge is 0.507 e. The van der Waals surface area contributed by atoms with E-state index >= 15 is 0 Å². The molecule has 1 aliphatic carbocycles. The third-order valence-electron chi connectivity index (χ3n) is 11.7. The van der Waals surface area contributed by atoms with E-state index in [-0.39, 0.29) is 22.0 Å². The second kappa shape index (κ2) is 19.0. The van der Waals surface area contributed by atoms with Crippen molar-refractivity contribution in [2.24, 2.45) is 0 Å². The number of fused-ring (bicyclic) bond motifs is 8. The van der Waals surface area contributed by atoms with E-state index in [0.29, 0.717) is 52.1 Å².